The minimum Gasteiger partial charge on any atom is -0.310 e. The molecule has 1 unspecified atom stereocenters. The van der Waals surface area contributed by atoms with E-state index in [1.807, 2.05) is 11.7 Å². The summed E-state index contributed by atoms with van der Waals surface area (Å²) in [6.45, 7) is 5.31. The lowest BCUT2D eigenvalue weighted by molar-refractivity contribution is 0.540. The van der Waals surface area contributed by atoms with Crippen LogP contribution >= 0.6 is 11.3 Å². The highest BCUT2D eigenvalue weighted by atomic mass is 32.1. The highest BCUT2D eigenvalue weighted by molar-refractivity contribution is 7.08. The van der Waals surface area contributed by atoms with Gasteiger partial charge in [0.1, 0.15) is 0 Å². The topological polar surface area (TPSA) is 29.9 Å². The average molecular weight is 299 g/mol. The summed E-state index contributed by atoms with van der Waals surface area (Å²) in [5.74, 6) is 0. The molecule has 3 aromatic rings. The number of likely N-dealkylation sites (N-methyl/N-ethyl adjacent to an activating group) is 1. The Morgan fingerprint density at radius 1 is 1.29 bits per heavy atom. The Kier molecular flexibility index (Phi) is 4.08. The SMILES string of the molecule is CCNC(Cc1nn(C)c2ccccc12)c1cscc1C. The lowest BCUT2D eigenvalue weighted by Crippen LogP contribution is -2.23. The van der Waals surface area contributed by atoms with E-state index in [1.165, 1.54) is 27.7 Å². The molecule has 0 bridgehead atoms. The number of benzene rings is 1. The molecule has 2 aromatic heterocycles. The molecule has 110 valence electrons. The van der Waals surface area contributed by atoms with Crippen LogP contribution in [0.25, 0.3) is 10.9 Å². The molecule has 0 spiro atoms. The van der Waals surface area contributed by atoms with Gasteiger partial charge in [-0.25, -0.2) is 0 Å². The number of para-hydroxylation sites is 1. The van der Waals surface area contributed by atoms with E-state index in [1.54, 1.807) is 11.3 Å². The van der Waals surface area contributed by atoms with Crippen molar-refractivity contribution in [1.29, 1.82) is 0 Å². The standard InChI is InChI=1S/C17H21N3S/c1-4-18-15(14-11-21-10-12(14)2)9-16-13-7-5-6-8-17(13)20(3)19-16/h5-8,10-11,15,18H,4,9H2,1-3H3. The first kappa shape index (κ1) is 14.3. The van der Waals surface area contributed by atoms with E-state index in [2.05, 4.69) is 54.2 Å². The monoisotopic (exact) mass is 299 g/mol. The molecule has 0 fully saturated rings. The number of rotatable bonds is 5. The van der Waals surface area contributed by atoms with Crippen molar-refractivity contribution < 1.29 is 0 Å². The Morgan fingerprint density at radius 3 is 2.81 bits per heavy atom. The third-order valence-electron chi connectivity index (χ3n) is 3.95. The van der Waals surface area contributed by atoms with E-state index in [4.69, 9.17) is 5.10 Å². The van der Waals surface area contributed by atoms with Gasteiger partial charge in [-0.1, -0.05) is 25.1 Å². The van der Waals surface area contributed by atoms with E-state index < -0.39 is 0 Å². The van der Waals surface area contributed by atoms with E-state index in [-0.39, 0.29) is 0 Å². The van der Waals surface area contributed by atoms with Gasteiger partial charge in [0.2, 0.25) is 0 Å². The average Bonchev–Trinajstić information content (AvgIpc) is 3.04. The van der Waals surface area contributed by atoms with Crippen LogP contribution in [0.3, 0.4) is 0 Å². The maximum absolute atomic E-state index is 4.73. The second kappa shape index (κ2) is 6.00. The molecule has 1 aromatic carbocycles. The van der Waals surface area contributed by atoms with Crippen LogP contribution in [0.5, 0.6) is 0 Å². The van der Waals surface area contributed by atoms with Gasteiger partial charge in [-0.15, -0.1) is 0 Å². The number of nitrogens with one attached hydrogen (secondary N) is 1. The first-order valence-electron chi connectivity index (χ1n) is 7.37. The van der Waals surface area contributed by atoms with Crippen LogP contribution in [0.2, 0.25) is 0 Å². The predicted molar refractivity (Wildman–Crippen MR) is 89.9 cm³/mol. The number of aryl methyl sites for hydroxylation is 2. The summed E-state index contributed by atoms with van der Waals surface area (Å²) >= 11 is 1.77. The highest BCUT2D eigenvalue weighted by Crippen LogP contribution is 2.27. The quantitative estimate of drug-likeness (QED) is 0.776. The summed E-state index contributed by atoms with van der Waals surface area (Å²) in [6, 6.07) is 8.79. The van der Waals surface area contributed by atoms with E-state index >= 15 is 0 Å². The minimum absolute atomic E-state index is 0.333. The largest absolute Gasteiger partial charge is 0.310 e. The van der Waals surface area contributed by atoms with Crippen molar-refractivity contribution in [1.82, 2.24) is 15.1 Å². The van der Waals surface area contributed by atoms with Gasteiger partial charge < -0.3 is 5.32 Å². The van der Waals surface area contributed by atoms with Gasteiger partial charge >= 0.3 is 0 Å². The Balaban J connectivity index is 1.97. The summed E-state index contributed by atoms with van der Waals surface area (Å²) in [7, 11) is 2.02. The highest BCUT2D eigenvalue weighted by Gasteiger charge is 2.18. The summed E-state index contributed by atoms with van der Waals surface area (Å²) < 4.78 is 1.98. The maximum atomic E-state index is 4.73. The molecule has 1 atom stereocenters. The fraction of sp³-hybridized carbons (Fsp3) is 0.353. The van der Waals surface area contributed by atoms with Crippen molar-refractivity contribution in [3.8, 4) is 0 Å². The molecule has 0 aliphatic carbocycles. The molecule has 1 N–H and O–H groups in total. The van der Waals surface area contributed by atoms with Gasteiger partial charge in [-0.3, -0.25) is 4.68 Å². The van der Waals surface area contributed by atoms with Crippen molar-refractivity contribution in [2.24, 2.45) is 7.05 Å². The van der Waals surface area contributed by atoms with Crippen LogP contribution in [0.15, 0.2) is 35.0 Å². The van der Waals surface area contributed by atoms with Crippen molar-refractivity contribution in [2.45, 2.75) is 26.3 Å². The zero-order valence-corrected chi connectivity index (χ0v) is 13.6. The van der Waals surface area contributed by atoms with Crippen molar-refractivity contribution >= 4 is 22.2 Å². The molecule has 0 saturated carbocycles. The molecule has 0 radical (unpaired) electrons. The van der Waals surface area contributed by atoms with Crippen molar-refractivity contribution in [3.63, 3.8) is 0 Å². The number of nitrogens with zero attached hydrogens (tertiary/aromatic N) is 2. The molecule has 21 heavy (non-hydrogen) atoms. The van der Waals surface area contributed by atoms with E-state index in [0.29, 0.717) is 6.04 Å². The van der Waals surface area contributed by atoms with Crippen LogP contribution in [-0.2, 0) is 13.5 Å². The van der Waals surface area contributed by atoms with Crippen molar-refractivity contribution in [2.75, 3.05) is 6.54 Å². The molecule has 3 rings (SSSR count). The molecule has 0 amide bonds. The van der Waals surface area contributed by atoms with Gasteiger partial charge in [-0.2, -0.15) is 16.4 Å². The van der Waals surface area contributed by atoms with E-state index in [0.717, 1.165) is 13.0 Å². The first-order chi connectivity index (χ1) is 10.2. The lowest BCUT2D eigenvalue weighted by atomic mass is 10.00. The summed E-state index contributed by atoms with van der Waals surface area (Å²) in [6.07, 6.45) is 0.923. The fourth-order valence-electron chi connectivity index (χ4n) is 2.90. The number of hydrogen-bond donors (Lipinski definition) is 1. The van der Waals surface area contributed by atoms with Crippen LogP contribution in [0.4, 0.5) is 0 Å². The Morgan fingerprint density at radius 2 is 2.10 bits per heavy atom. The normalized spacial score (nSPS) is 12.9. The first-order valence-corrected chi connectivity index (χ1v) is 8.31. The summed E-state index contributed by atoms with van der Waals surface area (Å²) in [4.78, 5) is 0. The minimum atomic E-state index is 0.333. The number of hydrogen-bond acceptors (Lipinski definition) is 3. The van der Waals surface area contributed by atoms with Gasteiger partial charge in [0, 0.05) is 24.9 Å². The molecular weight excluding hydrogens is 278 g/mol. The Hall–Kier alpha value is -1.65. The van der Waals surface area contributed by atoms with Crippen LogP contribution in [0, 0.1) is 6.92 Å². The van der Waals surface area contributed by atoms with Crippen molar-refractivity contribution in [3.05, 3.63) is 51.8 Å². The second-order valence-electron chi connectivity index (χ2n) is 5.41. The maximum Gasteiger partial charge on any atom is 0.0722 e. The molecular formula is C17H21N3S. The zero-order chi connectivity index (χ0) is 14.8. The van der Waals surface area contributed by atoms with Gasteiger partial charge in [0.25, 0.3) is 0 Å². The van der Waals surface area contributed by atoms with E-state index in [9.17, 15) is 0 Å². The van der Waals surface area contributed by atoms with Crippen LogP contribution < -0.4 is 5.32 Å². The molecule has 4 heteroatoms. The van der Waals surface area contributed by atoms with Crippen LogP contribution in [0.1, 0.15) is 29.8 Å². The third kappa shape index (κ3) is 2.74. The number of fused-ring (bicyclic) bond motifs is 1. The van der Waals surface area contributed by atoms with Crippen LogP contribution in [-0.4, -0.2) is 16.3 Å². The lowest BCUT2D eigenvalue weighted by Gasteiger charge is -2.17. The number of thiophene rings is 1. The van der Waals surface area contributed by atoms with Gasteiger partial charge in [0.15, 0.2) is 0 Å². The zero-order valence-electron chi connectivity index (χ0n) is 12.8. The molecule has 0 saturated heterocycles. The molecule has 0 aliphatic rings. The van der Waals surface area contributed by atoms with Gasteiger partial charge in [-0.05, 0) is 41.4 Å². The van der Waals surface area contributed by atoms with Gasteiger partial charge in [0.05, 0.1) is 11.2 Å². The molecule has 3 nitrogen and oxygen atoms in total. The third-order valence-corrected chi connectivity index (χ3v) is 4.83. The fourth-order valence-corrected chi connectivity index (χ4v) is 3.80. The summed E-state index contributed by atoms with van der Waals surface area (Å²) in [5, 5.41) is 14.1. The second-order valence-corrected chi connectivity index (χ2v) is 6.16. The molecule has 0 aliphatic heterocycles. The summed E-state index contributed by atoms with van der Waals surface area (Å²) in [5.41, 5.74) is 5.14. The predicted octanol–water partition coefficient (Wildman–Crippen LogP) is 3.84. The Bertz CT molecular complexity index is 741. The Labute approximate surface area is 129 Å². The smallest absolute Gasteiger partial charge is 0.0722 e. The molecule has 2 heterocycles. The number of aromatic nitrogens is 2.